The first-order valence-corrected chi connectivity index (χ1v) is 12.3. The third kappa shape index (κ3) is 6.27. The maximum Gasteiger partial charge on any atom is 0.253 e. The zero-order chi connectivity index (χ0) is 23.4. The summed E-state index contributed by atoms with van der Waals surface area (Å²) >= 11 is 13.6. The Bertz CT molecular complexity index is 1070. The van der Waals surface area contributed by atoms with Crippen molar-refractivity contribution in [1.29, 1.82) is 0 Å². The van der Waals surface area contributed by atoms with Gasteiger partial charge >= 0.3 is 0 Å². The zero-order valence-electron chi connectivity index (χ0n) is 19.0. The van der Waals surface area contributed by atoms with Crippen LogP contribution in [0.5, 0.6) is 5.75 Å². The number of amides is 1. The molecule has 0 aliphatic heterocycles. The molecule has 0 fully saturated rings. The number of rotatable bonds is 9. The molecule has 1 aromatic carbocycles. The van der Waals surface area contributed by atoms with Gasteiger partial charge in [-0.2, -0.15) is 0 Å². The number of hydrogen-bond acceptors (Lipinski definition) is 4. The molecule has 172 valence electrons. The molecule has 0 unspecified atom stereocenters. The molecule has 0 aliphatic rings. The number of carbonyl (C=O) groups excluding carboxylic acids is 1. The second kappa shape index (κ2) is 10.7. The van der Waals surface area contributed by atoms with Gasteiger partial charge in [0.05, 0.1) is 17.0 Å². The number of benzene rings is 1. The molecule has 1 amide bonds. The highest BCUT2D eigenvalue weighted by atomic mass is 35.5. The van der Waals surface area contributed by atoms with Crippen LogP contribution < -0.4 is 10.1 Å². The Labute approximate surface area is 203 Å². The summed E-state index contributed by atoms with van der Waals surface area (Å²) in [5.41, 5.74) is 3.43. The standard InChI is InChI=1S/C24H29Cl2N3O2S/c1-14(2)10-27-24(30)20-9-22(29(16(20)5)11-15(3)4)21-13-32-23(28-21)12-31-19-7-17(25)6-18(26)8-19/h6-9,13-15H,10-12H2,1-5H3,(H,27,30). The summed E-state index contributed by atoms with van der Waals surface area (Å²) in [7, 11) is 0. The van der Waals surface area contributed by atoms with E-state index in [1.54, 1.807) is 18.2 Å². The summed E-state index contributed by atoms with van der Waals surface area (Å²) in [4.78, 5) is 17.6. The highest BCUT2D eigenvalue weighted by Crippen LogP contribution is 2.30. The van der Waals surface area contributed by atoms with Crippen LogP contribution in [0, 0.1) is 18.8 Å². The summed E-state index contributed by atoms with van der Waals surface area (Å²) in [6, 6.07) is 7.06. The summed E-state index contributed by atoms with van der Waals surface area (Å²) in [5.74, 6) is 1.38. The topological polar surface area (TPSA) is 56.1 Å². The van der Waals surface area contributed by atoms with Crippen LogP contribution in [0.2, 0.25) is 10.0 Å². The first-order valence-electron chi connectivity index (χ1n) is 10.7. The molecule has 0 saturated heterocycles. The van der Waals surface area contributed by atoms with Gasteiger partial charge in [-0.05, 0) is 43.0 Å². The van der Waals surface area contributed by atoms with Gasteiger partial charge in [-0.1, -0.05) is 50.9 Å². The third-order valence-corrected chi connectivity index (χ3v) is 6.10. The van der Waals surface area contributed by atoms with Crippen LogP contribution in [-0.4, -0.2) is 22.0 Å². The van der Waals surface area contributed by atoms with Crippen LogP contribution >= 0.6 is 34.5 Å². The lowest BCUT2D eigenvalue weighted by molar-refractivity contribution is 0.0948. The zero-order valence-corrected chi connectivity index (χ0v) is 21.4. The minimum Gasteiger partial charge on any atom is -0.486 e. The summed E-state index contributed by atoms with van der Waals surface area (Å²) < 4.78 is 8.01. The van der Waals surface area contributed by atoms with Gasteiger partial charge in [-0.15, -0.1) is 11.3 Å². The Morgan fingerprint density at radius 1 is 1.12 bits per heavy atom. The van der Waals surface area contributed by atoms with E-state index in [1.807, 2.05) is 18.4 Å². The Morgan fingerprint density at radius 3 is 2.44 bits per heavy atom. The van der Waals surface area contributed by atoms with Crippen LogP contribution in [0.4, 0.5) is 0 Å². The van der Waals surface area contributed by atoms with Crippen molar-refractivity contribution in [3.05, 3.63) is 56.0 Å². The first-order chi connectivity index (χ1) is 15.1. The van der Waals surface area contributed by atoms with Crippen LogP contribution in [0.1, 0.15) is 48.8 Å². The van der Waals surface area contributed by atoms with E-state index in [9.17, 15) is 4.79 Å². The van der Waals surface area contributed by atoms with E-state index >= 15 is 0 Å². The highest BCUT2D eigenvalue weighted by molar-refractivity contribution is 7.09. The maximum absolute atomic E-state index is 12.8. The number of nitrogens with one attached hydrogen (secondary N) is 1. The van der Waals surface area contributed by atoms with Crippen LogP contribution in [0.25, 0.3) is 11.4 Å². The lowest BCUT2D eigenvalue weighted by Gasteiger charge is -2.13. The van der Waals surface area contributed by atoms with Crippen molar-refractivity contribution in [2.45, 2.75) is 47.8 Å². The molecule has 0 spiro atoms. The van der Waals surface area contributed by atoms with Gasteiger partial charge in [-0.25, -0.2) is 4.98 Å². The molecular formula is C24H29Cl2N3O2S. The van der Waals surface area contributed by atoms with Gasteiger partial charge in [0.25, 0.3) is 5.91 Å². The fraction of sp³-hybridized carbons (Fsp3) is 0.417. The Balaban J connectivity index is 1.84. The summed E-state index contributed by atoms with van der Waals surface area (Å²) in [6.45, 7) is 12.3. The van der Waals surface area contributed by atoms with Gasteiger partial charge in [0.1, 0.15) is 17.4 Å². The normalized spacial score (nSPS) is 11.4. The maximum atomic E-state index is 12.8. The van der Waals surface area contributed by atoms with Crippen LogP contribution in [0.3, 0.4) is 0 Å². The highest BCUT2D eigenvalue weighted by Gasteiger charge is 2.21. The molecule has 5 nitrogen and oxygen atoms in total. The van der Waals surface area contributed by atoms with Gasteiger partial charge in [-0.3, -0.25) is 4.79 Å². The summed E-state index contributed by atoms with van der Waals surface area (Å²) in [6.07, 6.45) is 0. The number of hydrogen-bond donors (Lipinski definition) is 1. The molecule has 2 heterocycles. The minimum atomic E-state index is -0.0448. The Kier molecular flexibility index (Phi) is 8.26. The number of carbonyl (C=O) groups is 1. The predicted molar refractivity (Wildman–Crippen MR) is 133 cm³/mol. The molecule has 3 aromatic rings. The molecule has 0 saturated carbocycles. The number of nitrogens with zero attached hydrogens (tertiary/aromatic N) is 2. The van der Waals surface area contributed by atoms with Crippen molar-refractivity contribution in [3.63, 3.8) is 0 Å². The van der Waals surface area contributed by atoms with Crippen molar-refractivity contribution < 1.29 is 9.53 Å². The van der Waals surface area contributed by atoms with Crippen molar-refractivity contribution >= 4 is 40.4 Å². The molecule has 0 bridgehead atoms. The lowest BCUT2D eigenvalue weighted by Crippen LogP contribution is -2.27. The third-order valence-electron chi connectivity index (χ3n) is 4.84. The average molecular weight is 494 g/mol. The van der Waals surface area contributed by atoms with Crippen molar-refractivity contribution in [2.75, 3.05) is 6.54 Å². The lowest BCUT2D eigenvalue weighted by atomic mass is 10.2. The van der Waals surface area contributed by atoms with E-state index in [4.69, 9.17) is 32.9 Å². The van der Waals surface area contributed by atoms with Crippen molar-refractivity contribution in [1.82, 2.24) is 14.9 Å². The minimum absolute atomic E-state index is 0.0448. The van der Waals surface area contributed by atoms with E-state index in [1.165, 1.54) is 11.3 Å². The average Bonchev–Trinajstić information content (AvgIpc) is 3.29. The number of aromatic nitrogens is 2. The second-order valence-electron chi connectivity index (χ2n) is 8.66. The SMILES string of the molecule is Cc1c(C(=O)NCC(C)C)cc(-c2csc(COc3cc(Cl)cc(Cl)c3)n2)n1CC(C)C. The smallest absolute Gasteiger partial charge is 0.253 e. The Hall–Kier alpha value is -2.02. The van der Waals surface area contributed by atoms with Crippen LogP contribution in [0.15, 0.2) is 29.6 Å². The van der Waals surface area contributed by atoms with Gasteiger partial charge < -0.3 is 14.6 Å². The molecule has 0 aliphatic carbocycles. The fourth-order valence-corrected chi connectivity index (χ4v) is 4.54. The second-order valence-corrected chi connectivity index (χ2v) is 10.5. The van der Waals surface area contributed by atoms with Crippen molar-refractivity contribution in [2.24, 2.45) is 11.8 Å². The van der Waals surface area contributed by atoms with E-state index in [0.717, 1.165) is 28.6 Å². The largest absolute Gasteiger partial charge is 0.486 e. The fourth-order valence-electron chi connectivity index (χ4n) is 3.33. The number of ether oxygens (including phenoxy) is 1. The molecule has 0 atom stereocenters. The molecule has 32 heavy (non-hydrogen) atoms. The van der Waals surface area contributed by atoms with E-state index in [0.29, 0.717) is 46.3 Å². The number of halogens is 2. The summed E-state index contributed by atoms with van der Waals surface area (Å²) in [5, 5.41) is 6.91. The van der Waals surface area contributed by atoms with Gasteiger partial charge in [0.15, 0.2) is 0 Å². The first kappa shape index (κ1) is 24.6. The Morgan fingerprint density at radius 2 is 1.81 bits per heavy atom. The van der Waals surface area contributed by atoms with E-state index < -0.39 is 0 Å². The van der Waals surface area contributed by atoms with Crippen LogP contribution in [-0.2, 0) is 13.2 Å². The van der Waals surface area contributed by atoms with Crippen molar-refractivity contribution in [3.8, 4) is 17.1 Å². The monoisotopic (exact) mass is 493 g/mol. The van der Waals surface area contributed by atoms with Gasteiger partial charge in [0.2, 0.25) is 0 Å². The predicted octanol–water partition coefficient (Wildman–Crippen LogP) is 6.85. The van der Waals surface area contributed by atoms with E-state index in [2.05, 4.69) is 37.6 Å². The molecule has 8 heteroatoms. The quantitative estimate of drug-likeness (QED) is 0.354. The molecule has 0 radical (unpaired) electrons. The molecule has 3 rings (SSSR count). The number of thiazole rings is 1. The molecule has 2 aromatic heterocycles. The molecular weight excluding hydrogens is 465 g/mol. The van der Waals surface area contributed by atoms with E-state index in [-0.39, 0.29) is 5.91 Å². The van der Waals surface area contributed by atoms with Gasteiger partial charge in [0, 0.05) is 34.2 Å². The molecule has 1 N–H and O–H groups in total.